The predicted molar refractivity (Wildman–Crippen MR) is 94.7 cm³/mol. The third-order valence-electron chi connectivity index (χ3n) is 4.73. The smallest absolute Gasteiger partial charge is 0.226 e. The van der Waals surface area contributed by atoms with E-state index < -0.39 is 0 Å². The van der Waals surface area contributed by atoms with Crippen LogP contribution in [-0.4, -0.2) is 16.9 Å². The summed E-state index contributed by atoms with van der Waals surface area (Å²) in [4.78, 5) is 16.6. The van der Waals surface area contributed by atoms with Gasteiger partial charge in [0.2, 0.25) is 11.8 Å². The summed E-state index contributed by atoms with van der Waals surface area (Å²) < 4.78 is 5.79. The van der Waals surface area contributed by atoms with Gasteiger partial charge in [-0.1, -0.05) is 30.5 Å². The predicted octanol–water partition coefficient (Wildman–Crippen LogP) is 4.34. The molecule has 1 saturated carbocycles. The van der Waals surface area contributed by atoms with Gasteiger partial charge in [0.05, 0.1) is 5.69 Å². The Labute approximate surface area is 143 Å². The van der Waals surface area contributed by atoms with Gasteiger partial charge >= 0.3 is 0 Å². The summed E-state index contributed by atoms with van der Waals surface area (Å²) in [5.41, 5.74) is 3.17. The number of rotatable bonds is 6. The Bertz CT molecular complexity index is 682. The molecule has 128 valence electrons. The standard InChI is InChI=1S/C20H26N2O2/c1-14-10-12-16(13-11-14)20-22-18(15(2)24-20)8-5-9-19(23)21-17-6-3-4-7-17/h10-13,17H,3-9H2,1-2H3,(H,21,23). The normalized spacial score (nSPS) is 14.9. The van der Waals surface area contributed by atoms with Crippen molar-refractivity contribution in [3.05, 3.63) is 41.3 Å². The van der Waals surface area contributed by atoms with Crippen molar-refractivity contribution < 1.29 is 9.21 Å². The number of carbonyl (C=O) groups is 1. The molecule has 0 spiro atoms. The summed E-state index contributed by atoms with van der Waals surface area (Å²) in [6.07, 6.45) is 6.89. The number of aromatic nitrogens is 1. The van der Waals surface area contributed by atoms with Gasteiger partial charge in [0.25, 0.3) is 0 Å². The minimum atomic E-state index is 0.168. The number of aryl methyl sites for hydroxylation is 3. The van der Waals surface area contributed by atoms with E-state index in [0.717, 1.165) is 42.7 Å². The molecule has 1 N–H and O–H groups in total. The second kappa shape index (κ2) is 7.65. The lowest BCUT2D eigenvalue weighted by atomic mass is 10.1. The quantitative estimate of drug-likeness (QED) is 0.859. The first-order valence-corrected chi connectivity index (χ1v) is 8.94. The SMILES string of the molecule is Cc1ccc(-c2nc(CCCC(=O)NC3CCCC3)c(C)o2)cc1. The van der Waals surface area contributed by atoms with Crippen LogP contribution in [0.5, 0.6) is 0 Å². The Balaban J connectivity index is 1.52. The summed E-state index contributed by atoms with van der Waals surface area (Å²) in [5.74, 6) is 1.68. The van der Waals surface area contributed by atoms with Crippen LogP contribution in [-0.2, 0) is 11.2 Å². The maximum Gasteiger partial charge on any atom is 0.226 e. The lowest BCUT2D eigenvalue weighted by molar-refractivity contribution is -0.121. The van der Waals surface area contributed by atoms with E-state index in [4.69, 9.17) is 4.42 Å². The van der Waals surface area contributed by atoms with Gasteiger partial charge in [0, 0.05) is 18.0 Å². The number of hydrogen-bond acceptors (Lipinski definition) is 3. The first-order chi connectivity index (χ1) is 11.6. The van der Waals surface area contributed by atoms with Crippen LogP contribution in [0, 0.1) is 13.8 Å². The summed E-state index contributed by atoms with van der Waals surface area (Å²) in [7, 11) is 0. The van der Waals surface area contributed by atoms with Crippen LogP contribution in [0.4, 0.5) is 0 Å². The molecule has 0 aliphatic heterocycles. The highest BCUT2D eigenvalue weighted by molar-refractivity contribution is 5.76. The minimum absolute atomic E-state index is 0.168. The van der Waals surface area contributed by atoms with Gasteiger partial charge in [-0.3, -0.25) is 4.79 Å². The molecule has 3 rings (SSSR count). The topological polar surface area (TPSA) is 55.1 Å². The van der Waals surface area contributed by atoms with Gasteiger partial charge in [0.15, 0.2) is 0 Å². The van der Waals surface area contributed by atoms with Crippen LogP contribution < -0.4 is 5.32 Å². The molecule has 24 heavy (non-hydrogen) atoms. The maximum atomic E-state index is 12.0. The number of hydrogen-bond donors (Lipinski definition) is 1. The minimum Gasteiger partial charge on any atom is -0.441 e. The highest BCUT2D eigenvalue weighted by atomic mass is 16.4. The summed E-state index contributed by atoms with van der Waals surface area (Å²) >= 11 is 0. The molecule has 0 saturated heterocycles. The van der Waals surface area contributed by atoms with E-state index in [-0.39, 0.29) is 5.91 Å². The van der Waals surface area contributed by atoms with E-state index in [1.807, 2.05) is 19.1 Å². The first-order valence-electron chi connectivity index (χ1n) is 8.94. The van der Waals surface area contributed by atoms with Gasteiger partial charge in [-0.2, -0.15) is 0 Å². The summed E-state index contributed by atoms with van der Waals surface area (Å²) in [5, 5.41) is 3.13. The van der Waals surface area contributed by atoms with Crippen molar-refractivity contribution in [3.63, 3.8) is 0 Å². The van der Waals surface area contributed by atoms with Crippen LogP contribution in [0.15, 0.2) is 28.7 Å². The third-order valence-corrected chi connectivity index (χ3v) is 4.73. The number of nitrogens with zero attached hydrogens (tertiary/aromatic N) is 1. The molecule has 0 unspecified atom stereocenters. The van der Waals surface area contributed by atoms with Crippen molar-refractivity contribution in [1.82, 2.24) is 10.3 Å². The molecule has 4 nitrogen and oxygen atoms in total. The van der Waals surface area contributed by atoms with Crippen molar-refractivity contribution in [2.75, 3.05) is 0 Å². The van der Waals surface area contributed by atoms with Crippen molar-refractivity contribution in [2.45, 2.75) is 64.8 Å². The van der Waals surface area contributed by atoms with E-state index in [0.29, 0.717) is 18.4 Å². The number of amides is 1. The molecule has 0 bridgehead atoms. The Morgan fingerprint density at radius 2 is 1.92 bits per heavy atom. The van der Waals surface area contributed by atoms with Crippen molar-refractivity contribution in [1.29, 1.82) is 0 Å². The Morgan fingerprint density at radius 1 is 1.21 bits per heavy atom. The average molecular weight is 326 g/mol. The van der Waals surface area contributed by atoms with Crippen LogP contribution in [0.3, 0.4) is 0 Å². The van der Waals surface area contributed by atoms with Crippen molar-refractivity contribution >= 4 is 5.91 Å². The highest BCUT2D eigenvalue weighted by Gasteiger charge is 2.17. The van der Waals surface area contributed by atoms with Gasteiger partial charge in [-0.25, -0.2) is 4.98 Å². The number of oxazole rings is 1. The highest BCUT2D eigenvalue weighted by Crippen LogP contribution is 2.23. The fraction of sp³-hybridized carbons (Fsp3) is 0.500. The third kappa shape index (κ3) is 4.25. The zero-order valence-corrected chi connectivity index (χ0v) is 14.6. The summed E-state index contributed by atoms with van der Waals surface area (Å²) in [6, 6.07) is 8.57. The Kier molecular flexibility index (Phi) is 5.34. The van der Waals surface area contributed by atoms with E-state index in [2.05, 4.69) is 29.4 Å². The van der Waals surface area contributed by atoms with Crippen LogP contribution in [0.1, 0.15) is 55.5 Å². The Morgan fingerprint density at radius 3 is 2.62 bits per heavy atom. The molecule has 0 radical (unpaired) electrons. The van der Waals surface area contributed by atoms with Crippen LogP contribution in [0.2, 0.25) is 0 Å². The second-order valence-corrected chi connectivity index (χ2v) is 6.79. The van der Waals surface area contributed by atoms with E-state index in [1.165, 1.54) is 18.4 Å². The molecule has 0 atom stereocenters. The van der Waals surface area contributed by atoms with E-state index in [9.17, 15) is 4.79 Å². The molecule has 1 aliphatic rings. The van der Waals surface area contributed by atoms with Gasteiger partial charge < -0.3 is 9.73 Å². The zero-order valence-electron chi connectivity index (χ0n) is 14.6. The molecule has 1 fully saturated rings. The largest absolute Gasteiger partial charge is 0.441 e. The van der Waals surface area contributed by atoms with Gasteiger partial charge in [-0.15, -0.1) is 0 Å². The second-order valence-electron chi connectivity index (χ2n) is 6.79. The first kappa shape index (κ1) is 16.7. The molecule has 1 aromatic heterocycles. The lowest BCUT2D eigenvalue weighted by Crippen LogP contribution is -2.32. The van der Waals surface area contributed by atoms with Gasteiger partial charge in [-0.05, 0) is 51.7 Å². The van der Waals surface area contributed by atoms with Crippen molar-refractivity contribution in [3.8, 4) is 11.5 Å². The molecule has 2 aromatic rings. The molecule has 4 heteroatoms. The molecular weight excluding hydrogens is 300 g/mol. The van der Waals surface area contributed by atoms with E-state index in [1.54, 1.807) is 0 Å². The van der Waals surface area contributed by atoms with Crippen LogP contribution in [0.25, 0.3) is 11.5 Å². The van der Waals surface area contributed by atoms with Crippen molar-refractivity contribution in [2.24, 2.45) is 0 Å². The molecule has 1 heterocycles. The maximum absolute atomic E-state index is 12.0. The Hall–Kier alpha value is -2.10. The fourth-order valence-electron chi connectivity index (χ4n) is 3.27. The monoisotopic (exact) mass is 326 g/mol. The zero-order chi connectivity index (χ0) is 16.9. The molecule has 1 aliphatic carbocycles. The molecule has 1 amide bonds. The number of benzene rings is 1. The lowest BCUT2D eigenvalue weighted by Gasteiger charge is -2.11. The average Bonchev–Trinajstić information content (AvgIpc) is 3.18. The number of carbonyl (C=O) groups excluding carboxylic acids is 1. The molecular formula is C20H26N2O2. The molecule has 1 aromatic carbocycles. The van der Waals surface area contributed by atoms with E-state index >= 15 is 0 Å². The summed E-state index contributed by atoms with van der Waals surface area (Å²) in [6.45, 7) is 4.01. The van der Waals surface area contributed by atoms with Crippen LogP contribution >= 0.6 is 0 Å². The number of nitrogens with one attached hydrogen (secondary N) is 1. The fourth-order valence-corrected chi connectivity index (χ4v) is 3.27. The van der Waals surface area contributed by atoms with Gasteiger partial charge in [0.1, 0.15) is 5.76 Å².